The second kappa shape index (κ2) is 6.32. The Morgan fingerprint density at radius 1 is 1.22 bits per heavy atom. The van der Waals surface area contributed by atoms with Gasteiger partial charge in [-0.05, 0) is 36.0 Å². The fourth-order valence-corrected chi connectivity index (χ4v) is 2.53. The highest BCUT2D eigenvalue weighted by Crippen LogP contribution is 2.17. The summed E-state index contributed by atoms with van der Waals surface area (Å²) in [6, 6.07) is 4.64. The molecule has 0 radical (unpaired) electrons. The monoisotopic (exact) mass is 251 g/mol. The minimum absolute atomic E-state index is 0.248. The van der Waals surface area contributed by atoms with Gasteiger partial charge in [0.25, 0.3) is 0 Å². The van der Waals surface area contributed by atoms with Gasteiger partial charge in [0.1, 0.15) is 5.82 Å². The van der Waals surface area contributed by atoms with Crippen LogP contribution in [0.25, 0.3) is 0 Å². The predicted molar refractivity (Wildman–Crippen MR) is 69.9 cm³/mol. The topological polar surface area (TPSA) is 52.5 Å². The van der Waals surface area contributed by atoms with E-state index in [-0.39, 0.29) is 5.46 Å². The Hall–Kier alpha value is -0.905. The molecule has 5 heteroatoms. The summed E-state index contributed by atoms with van der Waals surface area (Å²) in [5.41, 5.74) is 0.996. The average molecular weight is 251 g/mol. The van der Waals surface area contributed by atoms with Gasteiger partial charge < -0.3 is 15.4 Å². The van der Waals surface area contributed by atoms with Crippen molar-refractivity contribution in [3.05, 3.63) is 29.6 Å². The number of rotatable bonds is 4. The minimum atomic E-state index is -1.62. The van der Waals surface area contributed by atoms with Crippen LogP contribution in [-0.4, -0.2) is 23.2 Å². The molecule has 0 heterocycles. The highest BCUT2D eigenvalue weighted by atomic mass is 19.1. The quantitative estimate of drug-likeness (QED) is 0.698. The molecule has 3 N–H and O–H groups in total. The molecular formula is C13H19BFNO2. The van der Waals surface area contributed by atoms with Crippen molar-refractivity contribution in [3.8, 4) is 0 Å². The van der Waals surface area contributed by atoms with E-state index in [9.17, 15) is 14.4 Å². The third-order valence-corrected chi connectivity index (χ3v) is 3.57. The molecule has 1 aliphatic carbocycles. The van der Waals surface area contributed by atoms with Gasteiger partial charge in [-0.15, -0.1) is 0 Å². The molecule has 1 fully saturated rings. The molecule has 0 aliphatic heterocycles. The Kier molecular flexibility index (Phi) is 4.75. The molecule has 0 bridgehead atoms. The first-order valence-corrected chi connectivity index (χ1v) is 6.54. The smallest absolute Gasteiger partial charge is 0.423 e. The van der Waals surface area contributed by atoms with E-state index in [1.54, 1.807) is 6.07 Å². The number of benzene rings is 1. The number of hydrogen-bond acceptors (Lipinski definition) is 3. The van der Waals surface area contributed by atoms with Crippen LogP contribution in [0.3, 0.4) is 0 Å². The molecule has 1 saturated carbocycles. The van der Waals surface area contributed by atoms with Gasteiger partial charge in [-0.3, -0.25) is 0 Å². The summed E-state index contributed by atoms with van der Waals surface area (Å²) in [6.45, 7) is 0.553. The molecule has 0 amide bonds. The lowest BCUT2D eigenvalue weighted by atomic mass is 9.77. The van der Waals surface area contributed by atoms with Gasteiger partial charge in [-0.25, -0.2) is 4.39 Å². The van der Waals surface area contributed by atoms with Gasteiger partial charge in [0.15, 0.2) is 0 Å². The zero-order valence-electron chi connectivity index (χ0n) is 10.4. The van der Waals surface area contributed by atoms with E-state index >= 15 is 0 Å². The standard InChI is InChI=1S/C13H19BFNO2/c15-11-7-6-10(13(8-11)14(17)18)9-16-12-4-2-1-3-5-12/h6-8,12,16-18H,1-5,9H2. The van der Waals surface area contributed by atoms with Crippen LogP contribution in [0.1, 0.15) is 37.7 Å². The summed E-state index contributed by atoms with van der Waals surface area (Å²) in [6.07, 6.45) is 6.12. The molecule has 1 aromatic carbocycles. The van der Waals surface area contributed by atoms with Gasteiger partial charge in [0.2, 0.25) is 0 Å². The summed E-state index contributed by atoms with van der Waals surface area (Å²) in [5.74, 6) is -0.445. The van der Waals surface area contributed by atoms with E-state index in [1.807, 2.05) is 0 Å². The summed E-state index contributed by atoms with van der Waals surface area (Å²) in [7, 11) is -1.62. The molecule has 0 atom stereocenters. The molecule has 3 nitrogen and oxygen atoms in total. The van der Waals surface area contributed by atoms with Crippen molar-refractivity contribution < 1.29 is 14.4 Å². The zero-order valence-corrected chi connectivity index (χ0v) is 10.4. The first-order chi connectivity index (χ1) is 8.66. The van der Waals surface area contributed by atoms with Crippen LogP contribution >= 0.6 is 0 Å². The van der Waals surface area contributed by atoms with Crippen molar-refractivity contribution in [2.45, 2.75) is 44.7 Å². The van der Waals surface area contributed by atoms with Crippen molar-refractivity contribution in [1.29, 1.82) is 0 Å². The Labute approximate surface area is 107 Å². The fraction of sp³-hybridized carbons (Fsp3) is 0.538. The zero-order chi connectivity index (χ0) is 13.0. The first-order valence-electron chi connectivity index (χ1n) is 6.54. The van der Waals surface area contributed by atoms with Crippen LogP contribution in [0, 0.1) is 5.82 Å². The fourth-order valence-electron chi connectivity index (χ4n) is 2.53. The lowest BCUT2D eigenvalue weighted by molar-refractivity contribution is 0.372. The Bertz CT molecular complexity index is 395. The molecule has 0 spiro atoms. The van der Waals surface area contributed by atoms with Crippen LogP contribution in [0.15, 0.2) is 18.2 Å². The summed E-state index contributed by atoms with van der Waals surface area (Å²) in [4.78, 5) is 0. The van der Waals surface area contributed by atoms with Crippen LogP contribution in [0.4, 0.5) is 4.39 Å². The summed E-state index contributed by atoms with van der Waals surface area (Å²) < 4.78 is 13.1. The SMILES string of the molecule is OB(O)c1cc(F)ccc1CNC1CCCCC1. The predicted octanol–water partition coefficient (Wildman–Crippen LogP) is 0.928. The highest BCUT2D eigenvalue weighted by molar-refractivity contribution is 6.59. The van der Waals surface area contributed by atoms with Crippen molar-refractivity contribution in [2.24, 2.45) is 0 Å². The van der Waals surface area contributed by atoms with Gasteiger partial charge in [0, 0.05) is 12.6 Å². The second-order valence-corrected chi connectivity index (χ2v) is 4.93. The summed E-state index contributed by atoms with van der Waals surface area (Å²) in [5, 5.41) is 21.9. The van der Waals surface area contributed by atoms with E-state index in [2.05, 4.69) is 5.32 Å². The maximum absolute atomic E-state index is 13.1. The molecule has 1 aliphatic rings. The van der Waals surface area contributed by atoms with Crippen molar-refractivity contribution in [3.63, 3.8) is 0 Å². The maximum Gasteiger partial charge on any atom is 0.488 e. The molecular weight excluding hydrogens is 232 g/mol. The lowest BCUT2D eigenvalue weighted by Crippen LogP contribution is -2.37. The summed E-state index contributed by atoms with van der Waals surface area (Å²) >= 11 is 0. The van der Waals surface area contributed by atoms with Gasteiger partial charge >= 0.3 is 7.12 Å². The first kappa shape index (κ1) is 13.5. The average Bonchev–Trinajstić information content (AvgIpc) is 2.38. The maximum atomic E-state index is 13.1. The van der Waals surface area contributed by atoms with Gasteiger partial charge in [0.05, 0.1) is 0 Å². The van der Waals surface area contributed by atoms with Crippen molar-refractivity contribution in [2.75, 3.05) is 0 Å². The molecule has 98 valence electrons. The Morgan fingerprint density at radius 3 is 2.61 bits per heavy atom. The molecule has 0 aromatic heterocycles. The number of nitrogens with one attached hydrogen (secondary N) is 1. The van der Waals surface area contributed by atoms with Crippen LogP contribution in [0.2, 0.25) is 0 Å². The molecule has 18 heavy (non-hydrogen) atoms. The molecule has 1 aromatic rings. The van der Waals surface area contributed by atoms with Gasteiger partial charge in [-0.1, -0.05) is 25.3 Å². The van der Waals surface area contributed by atoms with Crippen molar-refractivity contribution >= 4 is 12.6 Å². The third kappa shape index (κ3) is 3.54. The van der Waals surface area contributed by atoms with Crippen LogP contribution in [0.5, 0.6) is 0 Å². The van der Waals surface area contributed by atoms with Crippen LogP contribution in [-0.2, 0) is 6.54 Å². The van der Waals surface area contributed by atoms with Crippen molar-refractivity contribution in [1.82, 2.24) is 5.32 Å². The molecule has 0 saturated heterocycles. The van der Waals surface area contributed by atoms with E-state index in [0.29, 0.717) is 12.6 Å². The Morgan fingerprint density at radius 2 is 1.94 bits per heavy atom. The van der Waals surface area contributed by atoms with Gasteiger partial charge in [-0.2, -0.15) is 0 Å². The lowest BCUT2D eigenvalue weighted by Gasteiger charge is -2.23. The molecule has 2 rings (SSSR count). The highest BCUT2D eigenvalue weighted by Gasteiger charge is 2.18. The third-order valence-electron chi connectivity index (χ3n) is 3.57. The Balaban J connectivity index is 1.99. The van der Waals surface area contributed by atoms with E-state index in [0.717, 1.165) is 18.4 Å². The number of hydrogen-bond donors (Lipinski definition) is 3. The van der Waals surface area contributed by atoms with E-state index in [4.69, 9.17) is 0 Å². The van der Waals surface area contributed by atoms with Crippen LogP contribution < -0.4 is 10.8 Å². The number of halogens is 1. The van der Waals surface area contributed by atoms with E-state index in [1.165, 1.54) is 31.4 Å². The normalized spacial score (nSPS) is 16.8. The largest absolute Gasteiger partial charge is 0.488 e. The van der Waals surface area contributed by atoms with E-state index < -0.39 is 12.9 Å². The second-order valence-electron chi connectivity index (χ2n) is 4.93. The minimum Gasteiger partial charge on any atom is -0.423 e. The molecule has 0 unspecified atom stereocenters.